The van der Waals surface area contributed by atoms with E-state index in [0.717, 1.165) is 12.8 Å². The van der Waals surface area contributed by atoms with E-state index in [1.54, 1.807) is 0 Å². The monoisotopic (exact) mass is 357 g/mol. The molecule has 1 fully saturated rings. The number of alkyl halides is 6. The number of halogens is 6. The molecule has 1 heterocycles. The Morgan fingerprint density at radius 2 is 1.62 bits per heavy atom. The molecular formula is C14H13F6NO3. The van der Waals surface area contributed by atoms with Crippen LogP contribution in [0.25, 0.3) is 0 Å². The van der Waals surface area contributed by atoms with Gasteiger partial charge in [-0.25, -0.2) is 10.3 Å². The number of amides is 1. The molecule has 0 aliphatic carbocycles. The number of rotatable bonds is 3. The van der Waals surface area contributed by atoms with E-state index in [1.807, 2.05) is 5.48 Å². The predicted octanol–water partition coefficient (Wildman–Crippen LogP) is 3.91. The Morgan fingerprint density at radius 1 is 1.04 bits per heavy atom. The molecule has 134 valence electrons. The Hall–Kier alpha value is -1.81. The van der Waals surface area contributed by atoms with Gasteiger partial charge in [0, 0.05) is 18.6 Å². The van der Waals surface area contributed by atoms with Crippen LogP contribution in [0.3, 0.4) is 0 Å². The zero-order chi connectivity index (χ0) is 18.0. The number of ether oxygens (including phenoxy) is 1. The topological polar surface area (TPSA) is 47.6 Å². The summed E-state index contributed by atoms with van der Waals surface area (Å²) >= 11 is 0. The first-order valence-corrected chi connectivity index (χ1v) is 6.94. The third kappa shape index (κ3) is 4.84. The highest BCUT2D eigenvalue weighted by molar-refractivity contribution is 5.94. The first-order valence-electron chi connectivity index (χ1n) is 6.94. The molecule has 1 aliphatic heterocycles. The maximum absolute atomic E-state index is 12.7. The Kier molecular flexibility index (Phi) is 5.38. The van der Waals surface area contributed by atoms with Gasteiger partial charge >= 0.3 is 12.4 Å². The molecule has 24 heavy (non-hydrogen) atoms. The summed E-state index contributed by atoms with van der Waals surface area (Å²) in [4.78, 5) is 16.7. The zero-order valence-electron chi connectivity index (χ0n) is 12.1. The lowest BCUT2D eigenvalue weighted by atomic mass is 10.0. The second kappa shape index (κ2) is 6.98. The predicted molar refractivity (Wildman–Crippen MR) is 68.6 cm³/mol. The van der Waals surface area contributed by atoms with Crippen LogP contribution in [0.1, 0.15) is 40.7 Å². The SMILES string of the molecule is O=C(NO[C@@H]1CCCCO1)c1cc(C(F)(F)F)cc(C(F)(F)F)c1. The molecule has 0 unspecified atom stereocenters. The van der Waals surface area contributed by atoms with Crippen LogP contribution in [0, 0.1) is 0 Å². The number of carbonyl (C=O) groups excluding carboxylic acids is 1. The van der Waals surface area contributed by atoms with Crippen molar-refractivity contribution in [2.45, 2.75) is 37.9 Å². The molecule has 0 aromatic heterocycles. The summed E-state index contributed by atoms with van der Waals surface area (Å²) in [5, 5.41) is 0. The first-order chi connectivity index (χ1) is 11.1. The minimum Gasteiger partial charge on any atom is -0.350 e. The molecule has 4 nitrogen and oxygen atoms in total. The molecule has 10 heteroatoms. The minimum absolute atomic E-state index is 0.0537. The summed E-state index contributed by atoms with van der Waals surface area (Å²) in [6.45, 7) is 0.391. The van der Waals surface area contributed by atoms with Crippen molar-refractivity contribution >= 4 is 5.91 Å². The highest BCUT2D eigenvalue weighted by Crippen LogP contribution is 2.36. The third-order valence-corrected chi connectivity index (χ3v) is 3.27. The Balaban J connectivity index is 2.19. The summed E-state index contributed by atoms with van der Waals surface area (Å²) in [5.74, 6) is -1.22. The van der Waals surface area contributed by atoms with Gasteiger partial charge in [-0.2, -0.15) is 26.3 Å². The number of carbonyl (C=O) groups is 1. The van der Waals surface area contributed by atoms with E-state index >= 15 is 0 Å². The van der Waals surface area contributed by atoms with Crippen molar-refractivity contribution in [2.24, 2.45) is 0 Å². The van der Waals surface area contributed by atoms with Crippen molar-refractivity contribution in [1.82, 2.24) is 5.48 Å². The molecule has 1 saturated heterocycles. The van der Waals surface area contributed by atoms with Crippen LogP contribution >= 0.6 is 0 Å². The number of hydrogen-bond donors (Lipinski definition) is 1. The van der Waals surface area contributed by atoms with Crippen LogP contribution in [0.4, 0.5) is 26.3 Å². The van der Waals surface area contributed by atoms with Crippen molar-refractivity contribution in [3.05, 3.63) is 34.9 Å². The Bertz CT molecular complexity index is 561. The van der Waals surface area contributed by atoms with Gasteiger partial charge in [0.05, 0.1) is 11.1 Å². The maximum Gasteiger partial charge on any atom is 0.416 e. The first kappa shape index (κ1) is 18.5. The summed E-state index contributed by atoms with van der Waals surface area (Å²) in [5.41, 5.74) is -2.13. The van der Waals surface area contributed by atoms with E-state index in [2.05, 4.69) is 0 Å². The molecule has 2 rings (SSSR count). The van der Waals surface area contributed by atoms with Crippen LogP contribution < -0.4 is 5.48 Å². The van der Waals surface area contributed by atoms with Crippen LogP contribution in [-0.2, 0) is 21.9 Å². The van der Waals surface area contributed by atoms with Gasteiger partial charge in [-0.1, -0.05) is 0 Å². The average Bonchev–Trinajstić information content (AvgIpc) is 2.51. The Morgan fingerprint density at radius 3 is 2.08 bits per heavy atom. The van der Waals surface area contributed by atoms with Gasteiger partial charge in [0.25, 0.3) is 5.91 Å². The van der Waals surface area contributed by atoms with Gasteiger partial charge in [-0.3, -0.25) is 4.79 Å². The smallest absolute Gasteiger partial charge is 0.350 e. The normalized spacial score (nSPS) is 19.2. The lowest BCUT2D eigenvalue weighted by molar-refractivity contribution is -0.186. The minimum atomic E-state index is -5.02. The van der Waals surface area contributed by atoms with Crippen LogP contribution in [0.5, 0.6) is 0 Å². The van der Waals surface area contributed by atoms with Crippen molar-refractivity contribution in [3.8, 4) is 0 Å². The van der Waals surface area contributed by atoms with E-state index in [1.165, 1.54) is 0 Å². The highest BCUT2D eigenvalue weighted by Gasteiger charge is 2.37. The summed E-state index contributed by atoms with van der Waals surface area (Å²) in [6.07, 6.45) is -8.81. The molecular weight excluding hydrogens is 344 g/mol. The second-order valence-electron chi connectivity index (χ2n) is 5.14. The molecule has 1 amide bonds. The third-order valence-electron chi connectivity index (χ3n) is 3.27. The standard InChI is InChI=1S/C14H13F6NO3/c15-13(16,17)9-5-8(6-10(7-9)14(18,19)20)12(22)21-24-11-3-1-2-4-23-11/h5-7,11H,1-4H2,(H,21,22)/t11-/m1/s1. The van der Waals surface area contributed by atoms with Gasteiger partial charge in [-0.05, 0) is 31.0 Å². The summed E-state index contributed by atoms with van der Waals surface area (Å²) < 4.78 is 81.5. The highest BCUT2D eigenvalue weighted by atomic mass is 19.4. The quantitative estimate of drug-likeness (QED) is 0.659. The molecule has 1 aromatic carbocycles. The van der Waals surface area contributed by atoms with Gasteiger partial charge in [-0.15, -0.1) is 0 Å². The van der Waals surface area contributed by atoms with E-state index in [4.69, 9.17) is 9.57 Å². The molecule has 1 aromatic rings. The lowest BCUT2D eigenvalue weighted by Gasteiger charge is -2.22. The van der Waals surface area contributed by atoms with Gasteiger partial charge in [0.1, 0.15) is 0 Å². The van der Waals surface area contributed by atoms with Crippen molar-refractivity contribution < 1.29 is 40.7 Å². The van der Waals surface area contributed by atoms with E-state index in [9.17, 15) is 31.1 Å². The largest absolute Gasteiger partial charge is 0.416 e. The van der Waals surface area contributed by atoms with Crippen molar-refractivity contribution in [3.63, 3.8) is 0 Å². The van der Waals surface area contributed by atoms with Crippen LogP contribution in [0.15, 0.2) is 18.2 Å². The van der Waals surface area contributed by atoms with Crippen molar-refractivity contribution in [2.75, 3.05) is 6.61 Å². The van der Waals surface area contributed by atoms with E-state index < -0.39 is 41.2 Å². The fraction of sp³-hybridized carbons (Fsp3) is 0.500. The maximum atomic E-state index is 12.7. The molecule has 1 atom stereocenters. The zero-order valence-corrected chi connectivity index (χ0v) is 12.1. The van der Waals surface area contributed by atoms with Crippen molar-refractivity contribution in [1.29, 1.82) is 0 Å². The lowest BCUT2D eigenvalue weighted by Crippen LogP contribution is -2.33. The van der Waals surface area contributed by atoms with Gasteiger partial charge < -0.3 is 4.74 Å². The Labute approximate surface area is 132 Å². The molecule has 0 spiro atoms. The number of hydrogen-bond acceptors (Lipinski definition) is 3. The average molecular weight is 357 g/mol. The van der Waals surface area contributed by atoms with Crippen LogP contribution in [0.2, 0.25) is 0 Å². The fourth-order valence-electron chi connectivity index (χ4n) is 2.07. The van der Waals surface area contributed by atoms with Gasteiger partial charge in [0.15, 0.2) is 6.29 Å². The fourth-order valence-corrected chi connectivity index (χ4v) is 2.07. The van der Waals surface area contributed by atoms with E-state index in [-0.39, 0.29) is 6.07 Å². The molecule has 0 bridgehead atoms. The second-order valence-corrected chi connectivity index (χ2v) is 5.14. The summed E-state index contributed by atoms with van der Waals surface area (Å²) in [7, 11) is 0. The summed E-state index contributed by atoms with van der Waals surface area (Å²) in [6, 6.07) is 0.604. The number of benzene rings is 1. The van der Waals surface area contributed by atoms with Gasteiger partial charge in [0.2, 0.25) is 0 Å². The molecule has 0 saturated carbocycles. The molecule has 1 N–H and O–H groups in total. The number of hydroxylamine groups is 1. The van der Waals surface area contributed by atoms with Crippen LogP contribution in [-0.4, -0.2) is 18.8 Å². The van der Waals surface area contributed by atoms with E-state index in [0.29, 0.717) is 25.2 Å². The number of nitrogens with one attached hydrogen (secondary N) is 1. The molecule has 1 aliphatic rings. The molecule has 0 radical (unpaired) electrons.